The first kappa shape index (κ1) is 21.1. The molecule has 2 aliphatic rings. The largest absolute Gasteiger partial charge is 0.338 e. The average molecular weight is 455 g/mol. The normalized spacial score (nSPS) is 19.4. The zero-order valence-corrected chi connectivity index (χ0v) is 19.8. The van der Waals surface area contributed by atoms with Gasteiger partial charge in [-0.15, -0.1) is 10.2 Å². The van der Waals surface area contributed by atoms with Crippen molar-refractivity contribution in [1.29, 1.82) is 0 Å². The van der Waals surface area contributed by atoms with Crippen molar-refractivity contribution in [2.24, 2.45) is 5.92 Å². The molecule has 7 heteroatoms. The second kappa shape index (κ2) is 8.38. The predicted molar refractivity (Wildman–Crippen MR) is 134 cm³/mol. The van der Waals surface area contributed by atoms with Gasteiger partial charge in [0, 0.05) is 42.5 Å². The molecule has 1 atom stereocenters. The van der Waals surface area contributed by atoms with Gasteiger partial charge >= 0.3 is 0 Å². The number of carbonyl (C=O) groups is 1. The molecule has 1 aliphatic carbocycles. The Morgan fingerprint density at radius 2 is 1.74 bits per heavy atom. The summed E-state index contributed by atoms with van der Waals surface area (Å²) in [6.07, 6.45) is 4.44. The number of carbonyl (C=O) groups excluding carboxylic acids is 1. The van der Waals surface area contributed by atoms with Gasteiger partial charge in [-0.1, -0.05) is 54.8 Å². The van der Waals surface area contributed by atoms with Crippen LogP contribution in [0.3, 0.4) is 0 Å². The maximum absolute atomic E-state index is 13.1. The van der Waals surface area contributed by atoms with Crippen molar-refractivity contribution in [1.82, 2.24) is 24.5 Å². The lowest BCUT2D eigenvalue weighted by Gasteiger charge is -2.41. The number of fused-ring (bicyclic) bond motifs is 3. The van der Waals surface area contributed by atoms with E-state index in [1.165, 1.54) is 18.4 Å². The minimum absolute atomic E-state index is 0.129. The van der Waals surface area contributed by atoms with Gasteiger partial charge in [0.05, 0.1) is 5.52 Å². The first-order valence-corrected chi connectivity index (χ1v) is 12.4. The molecule has 4 aromatic rings. The SMILES string of the molecule is Cc1ccc(-c2nnc3c4ccccc4nc(N4CCN(C(=O)C5CCCC5)C(C)C4)n23)cc1. The third kappa shape index (κ3) is 3.50. The van der Waals surface area contributed by atoms with Gasteiger partial charge in [-0.05, 0) is 38.8 Å². The van der Waals surface area contributed by atoms with E-state index in [1.54, 1.807) is 0 Å². The van der Waals surface area contributed by atoms with E-state index in [9.17, 15) is 4.79 Å². The number of aryl methyl sites for hydroxylation is 1. The number of para-hydroxylation sites is 1. The molecule has 0 radical (unpaired) electrons. The zero-order valence-electron chi connectivity index (χ0n) is 19.8. The van der Waals surface area contributed by atoms with Crippen molar-refractivity contribution < 1.29 is 4.79 Å². The summed E-state index contributed by atoms with van der Waals surface area (Å²) < 4.78 is 2.09. The molecule has 7 nitrogen and oxygen atoms in total. The van der Waals surface area contributed by atoms with Crippen LogP contribution in [0.15, 0.2) is 48.5 Å². The molecule has 6 rings (SSSR count). The molecule has 1 saturated heterocycles. The fraction of sp³-hybridized carbons (Fsp3) is 0.407. The molecule has 2 aromatic carbocycles. The van der Waals surface area contributed by atoms with Gasteiger partial charge in [-0.3, -0.25) is 4.79 Å². The molecule has 0 bridgehead atoms. The molecule has 1 saturated carbocycles. The molecule has 2 aromatic heterocycles. The van der Waals surface area contributed by atoms with Gasteiger partial charge in [-0.25, -0.2) is 9.38 Å². The van der Waals surface area contributed by atoms with Crippen LogP contribution in [-0.4, -0.2) is 56.1 Å². The lowest BCUT2D eigenvalue weighted by Crippen LogP contribution is -2.55. The molecule has 1 unspecified atom stereocenters. The highest BCUT2D eigenvalue weighted by Gasteiger charge is 2.34. The van der Waals surface area contributed by atoms with E-state index >= 15 is 0 Å². The Bertz CT molecular complexity index is 1360. The van der Waals surface area contributed by atoms with Crippen LogP contribution in [-0.2, 0) is 4.79 Å². The van der Waals surface area contributed by atoms with Gasteiger partial charge in [0.1, 0.15) is 0 Å². The van der Waals surface area contributed by atoms with Crippen molar-refractivity contribution >= 4 is 28.4 Å². The highest BCUT2D eigenvalue weighted by Crippen LogP contribution is 2.31. The van der Waals surface area contributed by atoms with Crippen LogP contribution < -0.4 is 4.90 Å². The van der Waals surface area contributed by atoms with Gasteiger partial charge in [0.25, 0.3) is 0 Å². The number of rotatable bonds is 3. The summed E-state index contributed by atoms with van der Waals surface area (Å²) in [5.74, 6) is 2.19. The van der Waals surface area contributed by atoms with Crippen molar-refractivity contribution in [2.45, 2.75) is 45.6 Å². The minimum Gasteiger partial charge on any atom is -0.338 e. The van der Waals surface area contributed by atoms with Crippen molar-refractivity contribution in [3.05, 3.63) is 54.1 Å². The Morgan fingerprint density at radius 3 is 2.50 bits per heavy atom. The van der Waals surface area contributed by atoms with E-state index in [-0.39, 0.29) is 12.0 Å². The number of aromatic nitrogens is 4. The van der Waals surface area contributed by atoms with Crippen LogP contribution in [0.4, 0.5) is 5.95 Å². The fourth-order valence-electron chi connectivity index (χ4n) is 5.54. The predicted octanol–water partition coefficient (Wildman–Crippen LogP) is 4.48. The molecule has 1 amide bonds. The topological polar surface area (TPSA) is 66.6 Å². The molecule has 0 spiro atoms. The van der Waals surface area contributed by atoms with Crippen LogP contribution >= 0.6 is 0 Å². The molecule has 1 aliphatic heterocycles. The molecular weight excluding hydrogens is 424 g/mol. The molecule has 2 fully saturated rings. The summed E-state index contributed by atoms with van der Waals surface area (Å²) in [5, 5.41) is 10.2. The fourth-order valence-corrected chi connectivity index (χ4v) is 5.54. The number of benzene rings is 2. The standard InChI is InChI=1S/C27H30N6O/c1-18-11-13-20(14-12-18)24-29-30-25-22-9-5-6-10-23(22)28-27(33(24)25)31-15-16-32(19(2)17-31)26(34)21-7-3-4-8-21/h5-6,9-14,19,21H,3-4,7-8,15-17H2,1-2H3. The van der Waals surface area contributed by atoms with Gasteiger partial charge in [0.15, 0.2) is 11.5 Å². The lowest BCUT2D eigenvalue weighted by molar-refractivity contribution is -0.137. The van der Waals surface area contributed by atoms with E-state index in [4.69, 9.17) is 4.98 Å². The van der Waals surface area contributed by atoms with Crippen LogP contribution in [0.5, 0.6) is 0 Å². The van der Waals surface area contributed by atoms with E-state index < -0.39 is 0 Å². The number of hydrogen-bond acceptors (Lipinski definition) is 5. The highest BCUT2D eigenvalue weighted by molar-refractivity contribution is 5.93. The second-order valence-corrected chi connectivity index (χ2v) is 9.79. The Hall–Kier alpha value is -3.48. The van der Waals surface area contributed by atoms with E-state index in [0.29, 0.717) is 12.5 Å². The molecule has 34 heavy (non-hydrogen) atoms. The van der Waals surface area contributed by atoms with Crippen LogP contribution in [0, 0.1) is 12.8 Å². The third-order valence-electron chi connectivity index (χ3n) is 7.44. The van der Waals surface area contributed by atoms with E-state index in [0.717, 1.165) is 59.8 Å². The zero-order chi connectivity index (χ0) is 23.2. The van der Waals surface area contributed by atoms with E-state index in [2.05, 4.69) is 68.6 Å². The quantitative estimate of drug-likeness (QED) is 0.457. The monoisotopic (exact) mass is 454 g/mol. The summed E-state index contributed by atoms with van der Waals surface area (Å²) in [7, 11) is 0. The summed E-state index contributed by atoms with van der Waals surface area (Å²) in [6.45, 7) is 6.44. The number of amides is 1. The molecule has 174 valence electrons. The summed E-state index contributed by atoms with van der Waals surface area (Å²) in [5.41, 5.74) is 3.94. The van der Waals surface area contributed by atoms with Crippen LogP contribution in [0.25, 0.3) is 27.9 Å². The number of hydrogen-bond donors (Lipinski definition) is 0. The number of anilines is 1. The highest BCUT2D eigenvalue weighted by atomic mass is 16.2. The summed E-state index contributed by atoms with van der Waals surface area (Å²) in [6, 6.07) is 16.6. The van der Waals surface area contributed by atoms with Gasteiger partial charge in [-0.2, -0.15) is 0 Å². The number of nitrogens with zero attached hydrogens (tertiary/aromatic N) is 6. The molecule has 0 N–H and O–H groups in total. The maximum atomic E-state index is 13.1. The first-order chi connectivity index (χ1) is 16.6. The van der Waals surface area contributed by atoms with Crippen molar-refractivity contribution in [3.63, 3.8) is 0 Å². The van der Waals surface area contributed by atoms with Crippen molar-refractivity contribution in [3.8, 4) is 11.4 Å². The van der Waals surface area contributed by atoms with Crippen LogP contribution in [0.2, 0.25) is 0 Å². The first-order valence-electron chi connectivity index (χ1n) is 12.4. The average Bonchev–Trinajstić information content (AvgIpc) is 3.55. The van der Waals surface area contributed by atoms with Crippen molar-refractivity contribution in [2.75, 3.05) is 24.5 Å². The summed E-state index contributed by atoms with van der Waals surface area (Å²) >= 11 is 0. The number of piperazine rings is 1. The second-order valence-electron chi connectivity index (χ2n) is 9.79. The summed E-state index contributed by atoms with van der Waals surface area (Å²) in [4.78, 5) is 22.6. The van der Waals surface area contributed by atoms with E-state index in [1.807, 2.05) is 18.2 Å². The lowest BCUT2D eigenvalue weighted by atomic mass is 10.0. The Morgan fingerprint density at radius 1 is 0.971 bits per heavy atom. The minimum atomic E-state index is 0.129. The van der Waals surface area contributed by atoms with Gasteiger partial charge in [0.2, 0.25) is 11.9 Å². The molecular formula is C27H30N6O. The van der Waals surface area contributed by atoms with Crippen LogP contribution in [0.1, 0.15) is 38.2 Å². The maximum Gasteiger partial charge on any atom is 0.226 e. The van der Waals surface area contributed by atoms with Gasteiger partial charge < -0.3 is 9.80 Å². The Balaban J connectivity index is 1.41. The third-order valence-corrected chi connectivity index (χ3v) is 7.44. The smallest absolute Gasteiger partial charge is 0.226 e. The molecule has 3 heterocycles. The Kier molecular flexibility index (Phi) is 5.20. The Labute approximate surface area is 199 Å².